The summed E-state index contributed by atoms with van der Waals surface area (Å²) in [7, 11) is 1.000. The minimum Gasteiger partial charge on any atom is -0.359 e. The van der Waals surface area contributed by atoms with E-state index in [4.69, 9.17) is 15.5 Å². The predicted molar refractivity (Wildman–Crippen MR) is 102 cm³/mol. The van der Waals surface area contributed by atoms with Gasteiger partial charge in [0.2, 0.25) is 18.9 Å². The number of rotatable bonds is 6. The first-order chi connectivity index (χ1) is 14.6. The van der Waals surface area contributed by atoms with Crippen LogP contribution in [-0.2, 0) is 24.7 Å². The number of nitrogens with zero attached hydrogens (tertiary/aromatic N) is 2. The second-order valence-corrected chi connectivity index (χ2v) is 7.98. The molecule has 1 aromatic carbocycles. The van der Waals surface area contributed by atoms with Gasteiger partial charge in [-0.15, -0.1) is 0 Å². The molecule has 155 valence electrons. The van der Waals surface area contributed by atoms with Gasteiger partial charge in [0, 0.05) is 6.42 Å². The second kappa shape index (κ2) is 6.87. The number of carbonyl (C=O) groups excluding carboxylic acids is 2. The summed E-state index contributed by atoms with van der Waals surface area (Å²) in [5, 5.41) is 8.99. The van der Waals surface area contributed by atoms with Crippen LogP contribution in [0.5, 0.6) is 0 Å². The van der Waals surface area contributed by atoms with Crippen molar-refractivity contribution in [1.29, 1.82) is 6.60 Å². The van der Waals surface area contributed by atoms with Crippen LogP contribution in [0.4, 0.5) is 18.9 Å². The molecule has 0 N–H and O–H groups in total. The fourth-order valence-corrected chi connectivity index (χ4v) is 4.83. The van der Waals surface area contributed by atoms with Gasteiger partial charge in [-0.25, -0.2) is 4.90 Å². The molecule has 6 nitrogen and oxygen atoms in total. The maximum absolute atomic E-state index is 13.4. The van der Waals surface area contributed by atoms with E-state index in [0.29, 0.717) is 6.07 Å². The molecule has 3 aliphatic heterocycles. The van der Waals surface area contributed by atoms with Crippen molar-refractivity contribution in [3.05, 3.63) is 41.5 Å². The summed E-state index contributed by atoms with van der Waals surface area (Å²) in [5.74, 6) is -3.09. The van der Waals surface area contributed by atoms with Crippen molar-refractivity contribution in [3.63, 3.8) is 0 Å². The number of hydrogen-bond donors (Lipinski definition) is 0. The Bertz CT molecular complexity index is 1030. The smallest absolute Gasteiger partial charge is 0.359 e. The molecule has 1 radical (unpaired) electrons. The van der Waals surface area contributed by atoms with E-state index in [1.807, 2.05) is 0 Å². The fourth-order valence-electron chi connectivity index (χ4n) is 4.65. The molecule has 0 aromatic heterocycles. The molecule has 2 fully saturated rings. The van der Waals surface area contributed by atoms with Gasteiger partial charge in [-0.3, -0.25) is 9.59 Å². The Kier molecular flexibility index (Phi) is 4.50. The lowest BCUT2D eigenvalue weighted by molar-refractivity contribution is -0.138. The number of ether oxygens (including phenoxy) is 1. The highest BCUT2D eigenvalue weighted by Crippen LogP contribution is 2.59. The third-order valence-corrected chi connectivity index (χ3v) is 6.19. The zero-order chi connectivity index (χ0) is 22.6. The van der Waals surface area contributed by atoms with Crippen LogP contribution in [-0.4, -0.2) is 38.0 Å². The van der Waals surface area contributed by atoms with Crippen molar-refractivity contribution in [2.24, 2.45) is 11.8 Å². The lowest BCUT2D eigenvalue weighted by atomic mass is 9.71. The molecule has 3 heterocycles. The lowest BCUT2D eigenvalue weighted by Gasteiger charge is -2.29. The summed E-state index contributed by atoms with van der Waals surface area (Å²) < 4.78 is 58.4. The SMILES string of the molecule is [3H][B]SOCCC12C=CC(C)(O1)[C@@H]1C(=O)N(c3ccc(C#N)c(C(F)(F)F)c3)C(=O)[C@@H]12. The van der Waals surface area contributed by atoms with Crippen molar-refractivity contribution < 1.29 is 31.7 Å². The summed E-state index contributed by atoms with van der Waals surface area (Å²) in [4.78, 5) is 27.3. The van der Waals surface area contributed by atoms with Crippen molar-refractivity contribution in [2.45, 2.75) is 30.7 Å². The molecule has 11 heteroatoms. The van der Waals surface area contributed by atoms with Crippen LogP contribution in [0.2, 0.25) is 0 Å². The highest BCUT2D eigenvalue weighted by molar-refractivity contribution is 8.15. The second-order valence-electron chi connectivity index (χ2n) is 7.55. The van der Waals surface area contributed by atoms with E-state index >= 15 is 0 Å². The standard InChI is InChI=1S/C19H15BF3N2O4S/c1-17-4-5-18(29-17,6-7-28-30-20)14-13(17)15(26)25(16(14)27)11-3-2-10(9-24)12(8-11)19(21,22)23/h2-5,8,13-14,20H,6-7H2,1H3/t13-,14+,17?,18?/m0/s1/i20T. The Morgan fingerprint density at radius 2 is 2.10 bits per heavy atom. The Morgan fingerprint density at radius 1 is 1.37 bits per heavy atom. The molecule has 2 bridgehead atoms. The van der Waals surface area contributed by atoms with Crippen LogP contribution in [0.25, 0.3) is 0 Å². The Hall–Kier alpha value is -2.29. The molecule has 0 aliphatic carbocycles. The summed E-state index contributed by atoms with van der Waals surface area (Å²) >= 11 is 0.812. The van der Waals surface area contributed by atoms with Crippen molar-refractivity contribution in [3.8, 4) is 6.07 Å². The lowest BCUT2D eigenvalue weighted by Crippen LogP contribution is -2.41. The van der Waals surface area contributed by atoms with E-state index in [1.54, 1.807) is 19.1 Å². The maximum atomic E-state index is 13.4. The van der Waals surface area contributed by atoms with Gasteiger partial charge in [0.05, 0.1) is 46.9 Å². The molecule has 4 rings (SSSR count). The van der Waals surface area contributed by atoms with Gasteiger partial charge in [0.1, 0.15) is 5.60 Å². The minimum absolute atomic E-state index is 0.139. The van der Waals surface area contributed by atoms with E-state index < -0.39 is 52.2 Å². The summed E-state index contributed by atoms with van der Waals surface area (Å²) in [6, 6.07) is 4.26. The largest absolute Gasteiger partial charge is 0.417 e. The molecule has 2 saturated heterocycles. The van der Waals surface area contributed by atoms with Crippen LogP contribution < -0.4 is 4.90 Å². The number of imide groups is 1. The van der Waals surface area contributed by atoms with E-state index in [1.165, 1.54) is 12.1 Å². The molecule has 0 spiro atoms. The molecule has 1 aromatic rings. The van der Waals surface area contributed by atoms with Crippen LogP contribution in [0, 0.1) is 23.2 Å². The van der Waals surface area contributed by atoms with Crippen molar-refractivity contribution in [2.75, 3.05) is 11.5 Å². The fraction of sp³-hybridized carbons (Fsp3) is 0.421. The number of alkyl halides is 3. The van der Waals surface area contributed by atoms with Crippen LogP contribution in [0.15, 0.2) is 30.4 Å². The van der Waals surface area contributed by atoms with E-state index in [-0.39, 0.29) is 18.7 Å². The Morgan fingerprint density at radius 3 is 2.77 bits per heavy atom. The number of benzene rings is 1. The number of amides is 2. The normalized spacial score (nSPS) is 32.4. The molecule has 3 aliphatic rings. The molecule has 2 amide bonds. The summed E-state index contributed by atoms with van der Waals surface area (Å²) in [6.45, 7) is 1.80. The molecule has 2 unspecified atom stereocenters. The van der Waals surface area contributed by atoms with Gasteiger partial charge in [-0.1, -0.05) is 24.0 Å². The first-order valence-electron chi connectivity index (χ1n) is 9.54. The van der Waals surface area contributed by atoms with Gasteiger partial charge >= 0.3 is 6.18 Å². The van der Waals surface area contributed by atoms with Crippen molar-refractivity contribution in [1.82, 2.24) is 0 Å². The Balaban J connectivity index is 1.70. The maximum Gasteiger partial charge on any atom is 0.417 e. The van der Waals surface area contributed by atoms with Crippen LogP contribution in [0.3, 0.4) is 0 Å². The number of carbonyl (C=O) groups is 2. The Labute approximate surface area is 176 Å². The minimum atomic E-state index is -4.82. The molecular weight excluding hydrogens is 420 g/mol. The third kappa shape index (κ3) is 2.89. The van der Waals surface area contributed by atoms with Crippen molar-refractivity contribution >= 4 is 36.5 Å². The number of hydrogen-bond acceptors (Lipinski definition) is 6. The summed E-state index contributed by atoms with van der Waals surface area (Å²) in [6.07, 6.45) is -1.17. The van der Waals surface area contributed by atoms with Gasteiger partial charge < -0.3 is 8.92 Å². The molecule has 0 saturated carbocycles. The van der Waals surface area contributed by atoms with E-state index in [0.717, 1.165) is 29.9 Å². The number of anilines is 1. The number of nitriles is 1. The van der Waals surface area contributed by atoms with E-state index in [2.05, 4.69) is 0 Å². The first-order valence-corrected chi connectivity index (χ1v) is 9.76. The number of fused-ring (bicyclic) bond motifs is 5. The van der Waals surface area contributed by atoms with Gasteiger partial charge in [-0.05, 0) is 26.5 Å². The average molecular weight is 437 g/mol. The van der Waals surface area contributed by atoms with Gasteiger partial charge in [0.15, 0.2) is 0 Å². The highest BCUT2D eigenvalue weighted by atomic mass is 32.2. The van der Waals surface area contributed by atoms with Gasteiger partial charge in [-0.2, -0.15) is 18.4 Å². The first kappa shape index (κ1) is 19.7. The monoisotopic (exact) mass is 437 g/mol. The van der Waals surface area contributed by atoms with Crippen LogP contribution >= 0.6 is 11.9 Å². The third-order valence-electron chi connectivity index (χ3n) is 5.89. The predicted octanol–water partition coefficient (Wildman–Crippen LogP) is 2.65. The van der Waals surface area contributed by atoms with Gasteiger partial charge in [0.25, 0.3) is 0 Å². The average Bonchev–Trinajstić information content (AvgIpc) is 3.29. The van der Waals surface area contributed by atoms with Crippen LogP contribution in [0.1, 0.15) is 24.5 Å². The molecule has 30 heavy (non-hydrogen) atoms. The van der Waals surface area contributed by atoms with E-state index in [9.17, 15) is 22.8 Å². The topological polar surface area (TPSA) is 79.6 Å². The zero-order valence-corrected chi connectivity index (χ0v) is 16.4. The molecular formula is C19H15BF3N2O4S. The summed E-state index contributed by atoms with van der Waals surface area (Å²) in [5.41, 5.74) is -4.22. The molecule has 4 atom stereocenters. The zero-order valence-electron chi connectivity index (χ0n) is 16.6. The quantitative estimate of drug-likeness (QED) is 0.224. The number of halogens is 3. The highest BCUT2D eigenvalue weighted by Gasteiger charge is 2.71.